The van der Waals surface area contributed by atoms with Crippen molar-refractivity contribution in [2.75, 3.05) is 11.5 Å². The predicted molar refractivity (Wildman–Crippen MR) is 84.0 cm³/mol. The maximum absolute atomic E-state index is 12.0. The molecule has 0 bridgehead atoms. The van der Waals surface area contributed by atoms with Crippen LogP contribution in [-0.2, 0) is 19.4 Å². The zero-order chi connectivity index (χ0) is 16.3. The van der Waals surface area contributed by atoms with E-state index in [1.165, 1.54) is 0 Å². The molecule has 1 aromatic carbocycles. The summed E-state index contributed by atoms with van der Waals surface area (Å²) < 4.78 is 23.6. The van der Waals surface area contributed by atoms with Gasteiger partial charge in [-0.1, -0.05) is 28.1 Å². The molecule has 2 N–H and O–H groups in total. The molecule has 0 aliphatic carbocycles. The van der Waals surface area contributed by atoms with Crippen LogP contribution in [0.1, 0.15) is 24.4 Å². The van der Waals surface area contributed by atoms with Crippen molar-refractivity contribution in [1.82, 2.24) is 5.32 Å². The lowest BCUT2D eigenvalue weighted by atomic mass is 10.0. The molecule has 1 heterocycles. The third-order valence-electron chi connectivity index (χ3n) is 3.56. The van der Waals surface area contributed by atoms with Crippen LogP contribution in [0.25, 0.3) is 0 Å². The van der Waals surface area contributed by atoms with Crippen LogP contribution in [0.5, 0.6) is 0 Å². The van der Waals surface area contributed by atoms with Crippen molar-refractivity contribution >= 4 is 37.6 Å². The molecule has 1 aliphatic heterocycles. The minimum absolute atomic E-state index is 0.00353. The predicted octanol–water partition coefficient (Wildman–Crippen LogP) is 1.52. The zero-order valence-electron chi connectivity index (χ0n) is 11.7. The SMILES string of the molecule is O=C(CC1CCS(=O)(=O)C1)NC(C(=O)O)c1ccc(Br)cc1. The number of aliphatic carboxylic acids is 1. The van der Waals surface area contributed by atoms with Crippen LogP contribution in [0.4, 0.5) is 0 Å². The molecule has 0 saturated carbocycles. The molecule has 1 aromatic rings. The maximum atomic E-state index is 12.0. The number of hydrogen-bond donors (Lipinski definition) is 2. The van der Waals surface area contributed by atoms with Crippen LogP contribution >= 0.6 is 15.9 Å². The topological polar surface area (TPSA) is 101 Å². The summed E-state index contributed by atoms with van der Waals surface area (Å²) in [7, 11) is -3.04. The minimum atomic E-state index is -3.04. The number of benzene rings is 1. The maximum Gasteiger partial charge on any atom is 0.330 e. The average molecular weight is 390 g/mol. The molecule has 1 amide bonds. The van der Waals surface area contributed by atoms with Gasteiger partial charge in [-0.3, -0.25) is 4.79 Å². The highest BCUT2D eigenvalue weighted by molar-refractivity contribution is 9.10. The molecule has 2 unspecified atom stereocenters. The molecular weight excluding hydrogens is 374 g/mol. The highest BCUT2D eigenvalue weighted by Crippen LogP contribution is 2.22. The Bertz CT molecular complexity index is 671. The number of amides is 1. The summed E-state index contributed by atoms with van der Waals surface area (Å²) in [5.41, 5.74) is 0.461. The number of sulfone groups is 1. The Morgan fingerprint density at radius 3 is 2.45 bits per heavy atom. The molecule has 22 heavy (non-hydrogen) atoms. The summed E-state index contributed by atoms with van der Waals surface area (Å²) >= 11 is 3.26. The van der Waals surface area contributed by atoms with Gasteiger partial charge in [0.2, 0.25) is 5.91 Å². The molecule has 1 saturated heterocycles. The summed E-state index contributed by atoms with van der Waals surface area (Å²) in [6.07, 6.45) is 0.477. The second-order valence-corrected chi connectivity index (χ2v) is 8.51. The van der Waals surface area contributed by atoms with Gasteiger partial charge < -0.3 is 10.4 Å². The molecule has 0 aromatic heterocycles. The Kier molecular flexibility index (Phi) is 5.23. The van der Waals surface area contributed by atoms with Crippen LogP contribution in [0.3, 0.4) is 0 Å². The van der Waals surface area contributed by atoms with Gasteiger partial charge in [-0.15, -0.1) is 0 Å². The van der Waals surface area contributed by atoms with Crippen molar-refractivity contribution in [2.45, 2.75) is 18.9 Å². The van der Waals surface area contributed by atoms with E-state index in [0.717, 1.165) is 4.47 Å². The van der Waals surface area contributed by atoms with Crippen molar-refractivity contribution in [3.8, 4) is 0 Å². The van der Waals surface area contributed by atoms with Gasteiger partial charge in [0.25, 0.3) is 0 Å². The molecular formula is C14H16BrNO5S. The smallest absolute Gasteiger partial charge is 0.330 e. The molecule has 6 nitrogen and oxygen atoms in total. The number of nitrogens with one attached hydrogen (secondary N) is 1. The van der Waals surface area contributed by atoms with E-state index in [4.69, 9.17) is 0 Å². The lowest BCUT2D eigenvalue weighted by molar-refractivity contribution is -0.142. The second kappa shape index (κ2) is 6.78. The summed E-state index contributed by atoms with van der Waals surface area (Å²) in [5, 5.41) is 11.7. The standard InChI is InChI=1S/C14H16BrNO5S/c15-11-3-1-10(2-4-11)13(14(18)19)16-12(17)7-9-5-6-22(20,21)8-9/h1-4,9,13H,5-8H2,(H,16,17)(H,18,19). The van der Waals surface area contributed by atoms with Crippen LogP contribution in [-0.4, -0.2) is 36.9 Å². The van der Waals surface area contributed by atoms with Crippen LogP contribution < -0.4 is 5.32 Å². The van der Waals surface area contributed by atoms with E-state index in [1.807, 2.05) is 0 Å². The van der Waals surface area contributed by atoms with E-state index in [9.17, 15) is 23.1 Å². The fourth-order valence-electron chi connectivity index (χ4n) is 2.46. The number of carbonyl (C=O) groups excluding carboxylic acids is 1. The molecule has 120 valence electrons. The lowest BCUT2D eigenvalue weighted by Gasteiger charge is -2.16. The quantitative estimate of drug-likeness (QED) is 0.794. The van der Waals surface area contributed by atoms with E-state index in [1.54, 1.807) is 24.3 Å². The molecule has 1 aliphatic rings. The van der Waals surface area contributed by atoms with Gasteiger partial charge in [0, 0.05) is 10.9 Å². The largest absolute Gasteiger partial charge is 0.479 e. The van der Waals surface area contributed by atoms with Crippen molar-refractivity contribution in [1.29, 1.82) is 0 Å². The van der Waals surface area contributed by atoms with E-state index in [2.05, 4.69) is 21.2 Å². The minimum Gasteiger partial charge on any atom is -0.479 e. The number of hydrogen-bond acceptors (Lipinski definition) is 4. The zero-order valence-corrected chi connectivity index (χ0v) is 14.1. The average Bonchev–Trinajstić information content (AvgIpc) is 2.76. The van der Waals surface area contributed by atoms with E-state index >= 15 is 0 Å². The summed E-state index contributed by atoms with van der Waals surface area (Å²) in [6.45, 7) is 0. The normalized spacial score (nSPS) is 21.2. The van der Waals surface area contributed by atoms with Crippen molar-refractivity contribution in [3.05, 3.63) is 34.3 Å². The first-order valence-electron chi connectivity index (χ1n) is 6.75. The van der Waals surface area contributed by atoms with E-state index in [-0.39, 0.29) is 23.8 Å². The Morgan fingerprint density at radius 1 is 1.32 bits per heavy atom. The third kappa shape index (κ3) is 4.54. The number of carboxylic acids is 1. The Balaban J connectivity index is 2.01. The Morgan fingerprint density at radius 2 is 1.95 bits per heavy atom. The van der Waals surface area contributed by atoms with Gasteiger partial charge in [0.05, 0.1) is 11.5 Å². The lowest BCUT2D eigenvalue weighted by Crippen LogP contribution is -2.34. The number of rotatable bonds is 5. The van der Waals surface area contributed by atoms with Crippen molar-refractivity contribution in [3.63, 3.8) is 0 Å². The second-order valence-electron chi connectivity index (χ2n) is 5.36. The van der Waals surface area contributed by atoms with Crippen LogP contribution in [0.2, 0.25) is 0 Å². The summed E-state index contributed by atoms with van der Waals surface area (Å²) in [4.78, 5) is 23.3. The van der Waals surface area contributed by atoms with Crippen molar-refractivity contribution < 1.29 is 23.1 Å². The fraction of sp³-hybridized carbons (Fsp3) is 0.429. The molecule has 1 fully saturated rings. The number of carboxylic acid groups (broad SMARTS) is 1. The van der Waals surface area contributed by atoms with E-state index < -0.39 is 27.8 Å². The molecule has 2 rings (SSSR count). The number of carbonyl (C=O) groups is 2. The van der Waals surface area contributed by atoms with Crippen LogP contribution in [0, 0.1) is 5.92 Å². The Labute approximate surface area is 137 Å². The van der Waals surface area contributed by atoms with Gasteiger partial charge in [0.15, 0.2) is 15.9 Å². The first-order chi connectivity index (χ1) is 10.3. The molecule has 0 spiro atoms. The molecule has 2 atom stereocenters. The molecule has 8 heteroatoms. The fourth-order valence-corrected chi connectivity index (χ4v) is 4.58. The monoisotopic (exact) mass is 389 g/mol. The Hall–Kier alpha value is -1.41. The molecule has 0 radical (unpaired) electrons. The highest BCUT2D eigenvalue weighted by atomic mass is 79.9. The van der Waals surface area contributed by atoms with Crippen molar-refractivity contribution in [2.24, 2.45) is 5.92 Å². The summed E-state index contributed by atoms with van der Waals surface area (Å²) in [6, 6.07) is 5.48. The highest BCUT2D eigenvalue weighted by Gasteiger charge is 2.30. The van der Waals surface area contributed by atoms with Gasteiger partial charge in [0.1, 0.15) is 0 Å². The first kappa shape index (κ1) is 17.0. The third-order valence-corrected chi connectivity index (χ3v) is 5.92. The van der Waals surface area contributed by atoms with Gasteiger partial charge >= 0.3 is 5.97 Å². The van der Waals surface area contributed by atoms with Crippen LogP contribution in [0.15, 0.2) is 28.7 Å². The van der Waals surface area contributed by atoms with Gasteiger partial charge in [-0.2, -0.15) is 0 Å². The first-order valence-corrected chi connectivity index (χ1v) is 9.36. The van der Waals surface area contributed by atoms with Gasteiger partial charge in [-0.25, -0.2) is 13.2 Å². The summed E-state index contributed by atoms with van der Waals surface area (Å²) in [5.74, 6) is -1.74. The van der Waals surface area contributed by atoms with Gasteiger partial charge in [-0.05, 0) is 30.0 Å². The number of halogens is 1. The van der Waals surface area contributed by atoms with E-state index in [0.29, 0.717) is 12.0 Å².